The van der Waals surface area contributed by atoms with Crippen LogP contribution in [0, 0.1) is 16.0 Å². The predicted molar refractivity (Wildman–Crippen MR) is 143 cm³/mol. The first-order valence-electron chi connectivity index (χ1n) is 14.0. The monoisotopic (exact) mass is 547 g/mol. The molecule has 0 bridgehead atoms. The second-order valence-electron chi connectivity index (χ2n) is 11.0. The van der Waals surface area contributed by atoms with Crippen molar-refractivity contribution in [1.82, 2.24) is 9.88 Å². The van der Waals surface area contributed by atoms with Gasteiger partial charge in [0.05, 0.1) is 4.92 Å². The third-order valence-corrected chi connectivity index (χ3v) is 8.28. The van der Waals surface area contributed by atoms with Gasteiger partial charge in [0.25, 0.3) is 5.69 Å². The zero-order valence-electron chi connectivity index (χ0n) is 22.0. The van der Waals surface area contributed by atoms with E-state index in [0.29, 0.717) is 18.7 Å². The number of hydrogen-bond acceptors (Lipinski definition) is 7. The highest BCUT2D eigenvalue weighted by atomic mass is 19.4. The van der Waals surface area contributed by atoms with Crippen molar-refractivity contribution in [3.8, 4) is 5.88 Å². The molecular formula is C28H36F3N5O3. The number of benzene rings is 1. The zero-order valence-corrected chi connectivity index (χ0v) is 22.0. The fourth-order valence-electron chi connectivity index (χ4n) is 6.15. The second kappa shape index (κ2) is 12.0. The molecule has 0 radical (unpaired) electrons. The molecule has 1 aromatic carbocycles. The Morgan fingerprint density at radius 1 is 1.00 bits per heavy atom. The van der Waals surface area contributed by atoms with Gasteiger partial charge >= 0.3 is 6.18 Å². The lowest BCUT2D eigenvalue weighted by Crippen LogP contribution is -2.47. The van der Waals surface area contributed by atoms with Crippen molar-refractivity contribution < 1.29 is 22.8 Å². The highest BCUT2D eigenvalue weighted by Crippen LogP contribution is 2.38. The number of ether oxygens (including phenoxy) is 1. The third-order valence-electron chi connectivity index (χ3n) is 8.28. The van der Waals surface area contributed by atoms with E-state index in [9.17, 15) is 23.3 Å². The first-order chi connectivity index (χ1) is 18.7. The van der Waals surface area contributed by atoms with Crippen molar-refractivity contribution in [3.05, 3.63) is 52.2 Å². The lowest BCUT2D eigenvalue weighted by atomic mass is 9.92. The minimum Gasteiger partial charge on any atom is -0.474 e. The summed E-state index contributed by atoms with van der Waals surface area (Å²) in [5, 5.41) is 14.1. The number of aromatic nitrogens is 1. The number of anilines is 2. The summed E-state index contributed by atoms with van der Waals surface area (Å²) in [5.41, 5.74) is -0.828. The van der Waals surface area contributed by atoms with E-state index in [1.54, 1.807) is 6.20 Å². The van der Waals surface area contributed by atoms with Crippen molar-refractivity contribution >= 4 is 17.1 Å². The highest BCUT2D eigenvalue weighted by Gasteiger charge is 2.38. The minimum atomic E-state index is -4.80. The molecule has 1 N–H and O–H groups in total. The molecule has 0 atom stereocenters. The molecule has 2 saturated carbocycles. The molecule has 1 aliphatic heterocycles. The molecule has 11 heteroatoms. The Morgan fingerprint density at radius 2 is 1.72 bits per heavy atom. The number of halogens is 3. The van der Waals surface area contributed by atoms with Gasteiger partial charge in [0, 0.05) is 68.5 Å². The Morgan fingerprint density at radius 3 is 2.38 bits per heavy atom. The number of pyridine rings is 1. The number of nitrogens with zero attached hydrogens (tertiary/aromatic N) is 4. The van der Waals surface area contributed by atoms with Crippen LogP contribution in [-0.2, 0) is 6.18 Å². The molecule has 212 valence electrons. The van der Waals surface area contributed by atoms with Crippen LogP contribution in [0.3, 0.4) is 0 Å². The number of piperazine rings is 1. The molecule has 2 aliphatic carbocycles. The van der Waals surface area contributed by atoms with Gasteiger partial charge in [-0.25, -0.2) is 4.98 Å². The molecule has 8 nitrogen and oxygen atoms in total. The van der Waals surface area contributed by atoms with Gasteiger partial charge in [-0.1, -0.05) is 12.8 Å². The summed E-state index contributed by atoms with van der Waals surface area (Å²) >= 11 is 0. The maximum absolute atomic E-state index is 13.3. The van der Waals surface area contributed by atoms with Crippen molar-refractivity contribution in [2.75, 3.05) is 42.9 Å². The average molecular weight is 548 g/mol. The van der Waals surface area contributed by atoms with Gasteiger partial charge in [-0.3, -0.25) is 15.0 Å². The Balaban J connectivity index is 1.10. The van der Waals surface area contributed by atoms with Crippen molar-refractivity contribution in [2.45, 2.75) is 69.7 Å². The lowest BCUT2D eigenvalue weighted by Gasteiger charge is -2.37. The molecule has 39 heavy (non-hydrogen) atoms. The average Bonchev–Trinajstić information content (AvgIpc) is 3.43. The van der Waals surface area contributed by atoms with Gasteiger partial charge in [-0.15, -0.1) is 0 Å². The van der Waals surface area contributed by atoms with Crippen LogP contribution in [0.25, 0.3) is 0 Å². The van der Waals surface area contributed by atoms with Gasteiger partial charge in [-0.2, -0.15) is 13.2 Å². The van der Waals surface area contributed by atoms with E-state index in [1.807, 2.05) is 12.1 Å². The highest BCUT2D eigenvalue weighted by molar-refractivity contribution is 5.55. The Bertz CT molecular complexity index is 1130. The largest absolute Gasteiger partial charge is 0.474 e. The molecule has 0 amide bonds. The van der Waals surface area contributed by atoms with Crippen LogP contribution < -0.4 is 15.0 Å². The second-order valence-corrected chi connectivity index (χ2v) is 11.0. The lowest BCUT2D eigenvalue weighted by molar-refractivity contribution is -0.388. The number of nitro benzene ring substituents is 1. The standard InChI is InChI=1S/C28H36F3N5O3/c29-28(30,31)25-17-22(7-10-26(25)36(37)38)33-21-5-8-24(9-6-21)39-27-18-23(11-12-32-27)35-15-13-34(14-16-35)19-20-3-1-2-4-20/h7,10-12,17-18,20-21,24,33H,1-6,8-9,13-16,19H2. The van der Waals surface area contributed by atoms with Gasteiger partial charge in [0.15, 0.2) is 0 Å². The van der Waals surface area contributed by atoms with E-state index in [2.05, 4.69) is 20.1 Å². The number of alkyl halides is 3. The summed E-state index contributed by atoms with van der Waals surface area (Å²) < 4.78 is 46.1. The van der Waals surface area contributed by atoms with Crippen LogP contribution in [0.4, 0.5) is 30.2 Å². The maximum atomic E-state index is 13.3. The van der Waals surface area contributed by atoms with Crippen LogP contribution >= 0.6 is 0 Å². The zero-order chi connectivity index (χ0) is 27.4. The van der Waals surface area contributed by atoms with E-state index in [-0.39, 0.29) is 17.8 Å². The van der Waals surface area contributed by atoms with Crippen LogP contribution in [-0.4, -0.2) is 59.7 Å². The third kappa shape index (κ3) is 7.12. The van der Waals surface area contributed by atoms with E-state index in [1.165, 1.54) is 38.3 Å². The molecule has 0 unspecified atom stereocenters. The summed E-state index contributed by atoms with van der Waals surface area (Å²) in [4.78, 5) is 19.4. The fourth-order valence-corrected chi connectivity index (χ4v) is 6.15. The number of rotatable bonds is 8. The minimum absolute atomic E-state index is 0.0170. The first-order valence-corrected chi connectivity index (χ1v) is 14.0. The molecular weight excluding hydrogens is 511 g/mol. The molecule has 1 saturated heterocycles. The summed E-state index contributed by atoms with van der Waals surface area (Å²) in [7, 11) is 0. The summed E-state index contributed by atoms with van der Waals surface area (Å²) in [6, 6.07) is 7.07. The molecule has 3 aliphatic rings. The van der Waals surface area contributed by atoms with Gasteiger partial charge < -0.3 is 15.0 Å². The van der Waals surface area contributed by atoms with Gasteiger partial charge in [-0.05, 0) is 62.6 Å². The molecule has 0 spiro atoms. The quantitative estimate of drug-likeness (QED) is 0.315. The number of nitrogens with one attached hydrogen (secondary N) is 1. The smallest absolute Gasteiger partial charge is 0.423 e. The molecule has 3 fully saturated rings. The van der Waals surface area contributed by atoms with Crippen LogP contribution in [0.15, 0.2) is 36.5 Å². The number of hydrogen-bond donors (Lipinski definition) is 1. The van der Waals surface area contributed by atoms with E-state index in [0.717, 1.165) is 62.8 Å². The SMILES string of the molecule is O=[N+]([O-])c1ccc(NC2CCC(Oc3cc(N4CCN(CC5CCCC5)CC4)ccn3)CC2)cc1C(F)(F)F. The Labute approximate surface area is 226 Å². The molecule has 2 aromatic rings. The van der Waals surface area contributed by atoms with Crippen molar-refractivity contribution in [2.24, 2.45) is 5.92 Å². The summed E-state index contributed by atoms with van der Waals surface area (Å²) in [6.07, 6.45) is 5.39. The first kappa shape index (κ1) is 27.5. The summed E-state index contributed by atoms with van der Waals surface area (Å²) in [5.74, 6) is 1.47. The summed E-state index contributed by atoms with van der Waals surface area (Å²) in [6.45, 7) is 5.36. The molecule has 1 aromatic heterocycles. The van der Waals surface area contributed by atoms with Crippen molar-refractivity contribution in [1.29, 1.82) is 0 Å². The maximum Gasteiger partial charge on any atom is 0.423 e. The molecule has 5 rings (SSSR count). The van der Waals surface area contributed by atoms with Gasteiger partial charge in [0.2, 0.25) is 5.88 Å². The number of nitro groups is 1. The fraction of sp³-hybridized carbons (Fsp3) is 0.607. The van der Waals surface area contributed by atoms with E-state index >= 15 is 0 Å². The Hall–Kier alpha value is -3.08. The topological polar surface area (TPSA) is 83.8 Å². The van der Waals surface area contributed by atoms with Crippen LogP contribution in [0.2, 0.25) is 0 Å². The van der Waals surface area contributed by atoms with E-state index in [4.69, 9.17) is 4.74 Å². The van der Waals surface area contributed by atoms with Crippen molar-refractivity contribution in [3.63, 3.8) is 0 Å². The predicted octanol–water partition coefficient (Wildman–Crippen LogP) is 6.12. The molecule has 2 heterocycles. The Kier molecular flexibility index (Phi) is 8.44. The van der Waals surface area contributed by atoms with Crippen LogP contribution in [0.1, 0.15) is 56.9 Å². The normalized spacial score (nSPS) is 23.1. The van der Waals surface area contributed by atoms with Gasteiger partial charge in [0.1, 0.15) is 11.7 Å². The van der Waals surface area contributed by atoms with Crippen LogP contribution in [0.5, 0.6) is 5.88 Å². The van der Waals surface area contributed by atoms with E-state index < -0.39 is 22.4 Å².